The summed E-state index contributed by atoms with van der Waals surface area (Å²) >= 11 is 0. The normalized spacial score (nSPS) is 28.5. The summed E-state index contributed by atoms with van der Waals surface area (Å²) in [6, 6.07) is 4.67. The van der Waals surface area contributed by atoms with Crippen LogP contribution >= 0.6 is 0 Å². The number of methoxy groups -OCH3 is 1. The zero-order chi connectivity index (χ0) is 15.1. The van der Waals surface area contributed by atoms with Gasteiger partial charge in [-0.2, -0.15) is 0 Å². The fourth-order valence-corrected chi connectivity index (χ4v) is 3.91. The molecule has 1 aromatic rings. The molecule has 4 rings (SSSR count). The summed E-state index contributed by atoms with van der Waals surface area (Å²) in [6.07, 6.45) is 6.56. The van der Waals surface area contributed by atoms with Crippen LogP contribution in [0.2, 0.25) is 0 Å². The second-order valence-electron chi connectivity index (χ2n) is 6.85. The molecule has 2 atom stereocenters. The van der Waals surface area contributed by atoms with Gasteiger partial charge < -0.3 is 14.6 Å². The van der Waals surface area contributed by atoms with Crippen molar-refractivity contribution in [1.82, 2.24) is 4.90 Å². The van der Waals surface area contributed by atoms with Gasteiger partial charge in [-0.25, -0.2) is 0 Å². The second-order valence-corrected chi connectivity index (χ2v) is 6.85. The molecule has 2 fully saturated rings. The van der Waals surface area contributed by atoms with Crippen molar-refractivity contribution in [1.29, 1.82) is 0 Å². The number of aliphatic hydroxyl groups is 1. The molecular formula is C18H25NO3. The fourth-order valence-electron chi connectivity index (χ4n) is 3.91. The first-order valence-electron chi connectivity index (χ1n) is 8.54. The highest BCUT2D eigenvalue weighted by atomic mass is 16.5. The van der Waals surface area contributed by atoms with Crippen LogP contribution < -0.4 is 9.47 Å². The topological polar surface area (TPSA) is 41.9 Å². The van der Waals surface area contributed by atoms with Gasteiger partial charge >= 0.3 is 0 Å². The maximum Gasteiger partial charge on any atom is 0.161 e. The van der Waals surface area contributed by atoms with Gasteiger partial charge in [0.1, 0.15) is 0 Å². The molecule has 4 nitrogen and oxygen atoms in total. The predicted molar refractivity (Wildman–Crippen MR) is 84.5 cm³/mol. The predicted octanol–water partition coefficient (Wildman–Crippen LogP) is 2.68. The van der Waals surface area contributed by atoms with Crippen molar-refractivity contribution in [3.63, 3.8) is 0 Å². The number of rotatable bonds is 3. The van der Waals surface area contributed by atoms with Crippen LogP contribution in [-0.4, -0.2) is 42.4 Å². The van der Waals surface area contributed by atoms with E-state index in [2.05, 4.69) is 17.0 Å². The van der Waals surface area contributed by atoms with Crippen molar-refractivity contribution in [2.24, 2.45) is 0 Å². The molecule has 2 unspecified atom stereocenters. The zero-order valence-electron chi connectivity index (χ0n) is 13.3. The van der Waals surface area contributed by atoms with Gasteiger partial charge in [-0.1, -0.05) is 0 Å². The summed E-state index contributed by atoms with van der Waals surface area (Å²) in [5, 5.41) is 10.0. The zero-order valence-corrected chi connectivity index (χ0v) is 13.3. The van der Waals surface area contributed by atoms with E-state index < -0.39 is 0 Å². The SMILES string of the molecule is COc1cc2c(cc1OC1CCC1)CCN1CCC(O)CC21. The smallest absolute Gasteiger partial charge is 0.161 e. The van der Waals surface area contributed by atoms with E-state index in [0.717, 1.165) is 56.7 Å². The van der Waals surface area contributed by atoms with E-state index >= 15 is 0 Å². The highest BCUT2D eigenvalue weighted by Gasteiger charge is 2.34. The Bertz CT molecular complexity index is 556. The van der Waals surface area contributed by atoms with E-state index in [9.17, 15) is 5.11 Å². The van der Waals surface area contributed by atoms with Crippen molar-refractivity contribution in [2.45, 2.75) is 56.8 Å². The van der Waals surface area contributed by atoms with Gasteiger partial charge in [-0.05, 0) is 61.8 Å². The molecule has 0 radical (unpaired) electrons. The average molecular weight is 303 g/mol. The molecule has 3 aliphatic rings. The van der Waals surface area contributed by atoms with E-state index in [1.165, 1.54) is 17.5 Å². The number of benzene rings is 1. The monoisotopic (exact) mass is 303 g/mol. The molecule has 0 spiro atoms. The summed E-state index contributed by atoms with van der Waals surface area (Å²) < 4.78 is 11.7. The maximum absolute atomic E-state index is 10.0. The number of fused-ring (bicyclic) bond motifs is 3. The molecule has 4 heteroatoms. The minimum absolute atomic E-state index is 0.177. The van der Waals surface area contributed by atoms with Gasteiger partial charge in [0.25, 0.3) is 0 Å². The highest BCUT2D eigenvalue weighted by Crippen LogP contribution is 2.42. The van der Waals surface area contributed by atoms with E-state index in [4.69, 9.17) is 9.47 Å². The van der Waals surface area contributed by atoms with Gasteiger partial charge in [0, 0.05) is 19.1 Å². The first kappa shape index (κ1) is 14.3. The molecule has 120 valence electrons. The lowest BCUT2D eigenvalue weighted by molar-refractivity contribution is 0.0358. The van der Waals surface area contributed by atoms with Crippen LogP contribution in [-0.2, 0) is 6.42 Å². The minimum atomic E-state index is -0.177. The van der Waals surface area contributed by atoms with E-state index in [1.54, 1.807) is 7.11 Å². The Kier molecular flexibility index (Phi) is 3.74. The molecular weight excluding hydrogens is 278 g/mol. The van der Waals surface area contributed by atoms with Crippen molar-refractivity contribution < 1.29 is 14.6 Å². The number of ether oxygens (including phenoxy) is 2. The number of nitrogens with zero attached hydrogens (tertiary/aromatic N) is 1. The number of hydrogen-bond donors (Lipinski definition) is 1. The third-order valence-corrected chi connectivity index (χ3v) is 5.48. The lowest BCUT2D eigenvalue weighted by atomic mass is 9.85. The lowest BCUT2D eigenvalue weighted by Gasteiger charge is -2.42. The van der Waals surface area contributed by atoms with E-state index in [1.807, 2.05) is 0 Å². The van der Waals surface area contributed by atoms with Crippen LogP contribution in [0.5, 0.6) is 11.5 Å². The highest BCUT2D eigenvalue weighted by molar-refractivity contribution is 5.49. The van der Waals surface area contributed by atoms with Gasteiger partial charge in [-0.3, -0.25) is 4.90 Å². The molecule has 2 heterocycles. The Labute approximate surface area is 132 Å². The van der Waals surface area contributed by atoms with Crippen LogP contribution in [0, 0.1) is 0 Å². The molecule has 1 aliphatic carbocycles. The van der Waals surface area contributed by atoms with Crippen LogP contribution in [0.25, 0.3) is 0 Å². The van der Waals surface area contributed by atoms with Crippen LogP contribution in [0.1, 0.15) is 49.3 Å². The second kappa shape index (κ2) is 5.74. The minimum Gasteiger partial charge on any atom is -0.493 e. The average Bonchev–Trinajstić information content (AvgIpc) is 2.49. The lowest BCUT2D eigenvalue weighted by Crippen LogP contribution is -2.42. The molecule has 1 N–H and O–H groups in total. The Balaban J connectivity index is 1.66. The van der Waals surface area contributed by atoms with Crippen LogP contribution in [0.15, 0.2) is 12.1 Å². The molecule has 22 heavy (non-hydrogen) atoms. The van der Waals surface area contributed by atoms with Crippen molar-refractivity contribution >= 4 is 0 Å². The van der Waals surface area contributed by atoms with Crippen molar-refractivity contribution in [2.75, 3.05) is 20.2 Å². The molecule has 1 saturated carbocycles. The maximum atomic E-state index is 10.0. The number of piperidine rings is 1. The summed E-state index contributed by atoms with van der Waals surface area (Å²) in [4.78, 5) is 2.50. The molecule has 1 saturated heterocycles. The van der Waals surface area contributed by atoms with Crippen molar-refractivity contribution in [3.05, 3.63) is 23.3 Å². The molecule has 0 aromatic heterocycles. The van der Waals surface area contributed by atoms with Crippen LogP contribution in [0.4, 0.5) is 0 Å². The first-order chi connectivity index (χ1) is 10.7. The van der Waals surface area contributed by atoms with Crippen molar-refractivity contribution in [3.8, 4) is 11.5 Å². The molecule has 2 aliphatic heterocycles. The largest absolute Gasteiger partial charge is 0.493 e. The van der Waals surface area contributed by atoms with Gasteiger partial charge in [0.05, 0.1) is 19.3 Å². The van der Waals surface area contributed by atoms with Gasteiger partial charge in [-0.15, -0.1) is 0 Å². The first-order valence-corrected chi connectivity index (χ1v) is 8.54. The molecule has 1 aromatic carbocycles. The van der Waals surface area contributed by atoms with E-state index in [-0.39, 0.29) is 6.10 Å². The Morgan fingerprint density at radius 1 is 1.14 bits per heavy atom. The van der Waals surface area contributed by atoms with Crippen LogP contribution in [0.3, 0.4) is 0 Å². The Hall–Kier alpha value is -1.26. The van der Waals surface area contributed by atoms with Gasteiger partial charge in [0.15, 0.2) is 11.5 Å². The standard InChI is InChI=1S/C18H25NO3/c1-21-17-11-15-12(9-18(17)22-14-3-2-4-14)5-7-19-8-6-13(20)10-16(15)19/h9,11,13-14,16,20H,2-8,10H2,1H3. The Morgan fingerprint density at radius 3 is 2.73 bits per heavy atom. The number of aliphatic hydroxyl groups excluding tert-OH is 1. The number of hydrogen-bond acceptors (Lipinski definition) is 4. The fraction of sp³-hybridized carbons (Fsp3) is 0.667. The summed E-state index contributed by atoms with van der Waals surface area (Å²) in [6.45, 7) is 2.08. The van der Waals surface area contributed by atoms with Gasteiger partial charge in [0.2, 0.25) is 0 Å². The third kappa shape index (κ3) is 2.48. The summed E-state index contributed by atoms with van der Waals surface area (Å²) in [5.41, 5.74) is 2.69. The third-order valence-electron chi connectivity index (χ3n) is 5.48. The summed E-state index contributed by atoms with van der Waals surface area (Å²) in [5.74, 6) is 1.74. The molecule has 0 bridgehead atoms. The summed E-state index contributed by atoms with van der Waals surface area (Å²) in [7, 11) is 1.71. The molecule has 0 amide bonds. The Morgan fingerprint density at radius 2 is 2.00 bits per heavy atom. The quantitative estimate of drug-likeness (QED) is 0.932. The van der Waals surface area contributed by atoms with E-state index in [0.29, 0.717) is 12.1 Å².